The third-order valence-electron chi connectivity index (χ3n) is 5.84. The van der Waals surface area contributed by atoms with Gasteiger partial charge in [0.15, 0.2) is 12.5 Å². The van der Waals surface area contributed by atoms with Gasteiger partial charge in [-0.3, -0.25) is 0 Å². The van der Waals surface area contributed by atoms with Crippen molar-refractivity contribution in [2.45, 2.75) is 52.7 Å². The summed E-state index contributed by atoms with van der Waals surface area (Å²) in [5.74, 6) is 1.84. The minimum Gasteiger partial charge on any atom is -0.468 e. The fraction of sp³-hybridized carbons (Fsp3) is 0.435. The fourth-order valence-corrected chi connectivity index (χ4v) is 6.20. The van der Waals surface area contributed by atoms with E-state index in [0.717, 1.165) is 21.3 Å². The second-order valence-electron chi connectivity index (χ2n) is 8.93. The molecule has 5 heterocycles. The van der Waals surface area contributed by atoms with Crippen LogP contribution < -0.4 is 0 Å². The highest BCUT2D eigenvalue weighted by atomic mass is 32.1. The molecular weight excluding hydrogens is 418 g/mol. The Morgan fingerprint density at radius 2 is 1.40 bits per heavy atom. The highest BCUT2D eigenvalue weighted by Crippen LogP contribution is 2.56. The Hall–Kier alpha value is -2.25. The van der Waals surface area contributed by atoms with Crippen LogP contribution in [0.4, 0.5) is 4.79 Å². The molecule has 1 saturated heterocycles. The molecule has 0 bridgehead atoms. The minimum atomic E-state index is -0.597. The molecular formula is C23H25NO4S2. The molecule has 0 unspecified atom stereocenters. The van der Waals surface area contributed by atoms with E-state index < -0.39 is 24.2 Å². The summed E-state index contributed by atoms with van der Waals surface area (Å²) in [6.07, 6.45) is -1.25. The number of hydrogen-bond acceptors (Lipinski definition) is 6. The summed E-state index contributed by atoms with van der Waals surface area (Å²) >= 11 is 3.30. The van der Waals surface area contributed by atoms with E-state index in [-0.39, 0.29) is 11.8 Å². The van der Waals surface area contributed by atoms with Gasteiger partial charge in [-0.15, -0.1) is 22.7 Å². The summed E-state index contributed by atoms with van der Waals surface area (Å²) in [5.41, 5.74) is 1.73. The lowest BCUT2D eigenvalue weighted by Gasteiger charge is -2.31. The summed E-state index contributed by atoms with van der Waals surface area (Å²) in [6, 6.07) is 8.16. The highest BCUT2D eigenvalue weighted by molar-refractivity contribution is 7.11. The first-order chi connectivity index (χ1) is 14.3. The molecule has 5 rings (SSSR count). The van der Waals surface area contributed by atoms with Gasteiger partial charge in [0.05, 0.1) is 21.6 Å². The first-order valence-corrected chi connectivity index (χ1v) is 11.9. The lowest BCUT2D eigenvalue weighted by molar-refractivity contribution is -0.0628. The van der Waals surface area contributed by atoms with Gasteiger partial charge in [-0.05, 0) is 68.7 Å². The molecule has 5 nitrogen and oxygen atoms in total. The standard InChI is InChI=1S/C23H25NO4S2/c1-12-16-17-13(2)19(15-9-7-11-30-15)27-21(17)24(22(25)28-23(3,4)5)20(16)26-18(12)14-8-6-10-29-14/h6-11,16-17,20-21H,1-5H3/t16-,17-,20-,21-/m0/s1. The molecule has 0 saturated carbocycles. The van der Waals surface area contributed by atoms with E-state index in [1.165, 1.54) is 11.1 Å². The zero-order valence-corrected chi connectivity index (χ0v) is 19.3. The monoisotopic (exact) mass is 443 g/mol. The fourth-order valence-electron chi connectivity index (χ4n) is 4.65. The van der Waals surface area contributed by atoms with Crippen molar-refractivity contribution in [3.63, 3.8) is 0 Å². The second-order valence-corrected chi connectivity index (χ2v) is 10.8. The predicted octanol–water partition coefficient (Wildman–Crippen LogP) is 6.17. The van der Waals surface area contributed by atoms with Crippen molar-refractivity contribution in [3.8, 4) is 0 Å². The van der Waals surface area contributed by atoms with Crippen molar-refractivity contribution in [1.29, 1.82) is 0 Å². The maximum atomic E-state index is 13.3. The predicted molar refractivity (Wildman–Crippen MR) is 119 cm³/mol. The van der Waals surface area contributed by atoms with Crippen molar-refractivity contribution in [2.24, 2.45) is 11.8 Å². The van der Waals surface area contributed by atoms with Crippen LogP contribution in [0.5, 0.6) is 0 Å². The van der Waals surface area contributed by atoms with Crippen molar-refractivity contribution < 1.29 is 19.0 Å². The Bertz CT molecular complexity index is 960. The van der Waals surface area contributed by atoms with Crippen molar-refractivity contribution in [2.75, 3.05) is 0 Å². The topological polar surface area (TPSA) is 48.0 Å². The third kappa shape index (κ3) is 2.98. The normalized spacial score (nSPS) is 27.8. The van der Waals surface area contributed by atoms with E-state index in [9.17, 15) is 4.79 Å². The average molecular weight is 444 g/mol. The van der Waals surface area contributed by atoms with Crippen molar-refractivity contribution in [1.82, 2.24) is 4.90 Å². The Kier molecular flexibility index (Phi) is 4.52. The molecule has 7 heteroatoms. The van der Waals surface area contributed by atoms with Gasteiger partial charge in [0, 0.05) is 0 Å². The van der Waals surface area contributed by atoms with Gasteiger partial charge in [-0.1, -0.05) is 12.1 Å². The summed E-state index contributed by atoms with van der Waals surface area (Å²) < 4.78 is 18.6. The molecule has 0 radical (unpaired) electrons. The van der Waals surface area contributed by atoms with Crippen LogP contribution in [0, 0.1) is 11.8 Å². The molecule has 0 aliphatic carbocycles. The molecule has 0 N–H and O–H groups in total. The van der Waals surface area contributed by atoms with Gasteiger partial charge < -0.3 is 14.2 Å². The Balaban J connectivity index is 1.57. The summed E-state index contributed by atoms with van der Waals surface area (Å²) in [6.45, 7) is 9.86. The molecule has 158 valence electrons. The maximum Gasteiger partial charge on any atom is 0.416 e. The van der Waals surface area contributed by atoms with Crippen LogP contribution in [0.15, 0.2) is 46.2 Å². The molecule has 2 aromatic rings. The van der Waals surface area contributed by atoms with E-state index >= 15 is 0 Å². The first kappa shape index (κ1) is 19.7. The Labute approximate surface area is 184 Å². The summed E-state index contributed by atoms with van der Waals surface area (Å²) in [5, 5.41) is 4.08. The van der Waals surface area contributed by atoms with Crippen LogP contribution in [-0.2, 0) is 14.2 Å². The number of ether oxygens (including phenoxy) is 3. The van der Waals surface area contributed by atoms with E-state index in [0.29, 0.717) is 0 Å². The molecule has 4 atom stereocenters. The van der Waals surface area contributed by atoms with Crippen LogP contribution >= 0.6 is 22.7 Å². The van der Waals surface area contributed by atoms with Crippen LogP contribution in [0.25, 0.3) is 11.5 Å². The van der Waals surface area contributed by atoms with Gasteiger partial charge in [-0.25, -0.2) is 9.69 Å². The molecule has 2 aromatic heterocycles. The van der Waals surface area contributed by atoms with Crippen molar-refractivity contribution in [3.05, 3.63) is 55.9 Å². The van der Waals surface area contributed by atoms with Crippen LogP contribution in [0.2, 0.25) is 0 Å². The van der Waals surface area contributed by atoms with Crippen LogP contribution in [0.3, 0.4) is 0 Å². The molecule has 1 amide bonds. The number of carbonyl (C=O) groups is 1. The van der Waals surface area contributed by atoms with Gasteiger partial charge >= 0.3 is 6.09 Å². The van der Waals surface area contributed by atoms with Gasteiger partial charge in [0.1, 0.15) is 17.1 Å². The lowest BCUT2D eigenvalue weighted by atomic mass is 9.84. The largest absolute Gasteiger partial charge is 0.468 e. The quantitative estimate of drug-likeness (QED) is 0.557. The number of thiophene rings is 2. The van der Waals surface area contributed by atoms with Crippen LogP contribution in [-0.4, -0.2) is 29.1 Å². The number of hydrogen-bond donors (Lipinski definition) is 0. The third-order valence-corrected chi connectivity index (χ3v) is 7.57. The summed E-state index contributed by atoms with van der Waals surface area (Å²) in [7, 11) is 0. The smallest absolute Gasteiger partial charge is 0.416 e. The molecule has 1 fully saturated rings. The van der Waals surface area contributed by atoms with E-state index in [1.54, 1.807) is 27.6 Å². The zero-order valence-electron chi connectivity index (χ0n) is 17.7. The Morgan fingerprint density at radius 3 is 1.77 bits per heavy atom. The number of amides is 1. The second kappa shape index (κ2) is 6.89. The first-order valence-electron chi connectivity index (χ1n) is 10.1. The molecule has 3 aliphatic rings. The molecule has 0 spiro atoms. The number of rotatable bonds is 2. The maximum absolute atomic E-state index is 13.3. The van der Waals surface area contributed by atoms with Crippen LogP contribution in [0.1, 0.15) is 44.4 Å². The number of fused-ring (bicyclic) bond motifs is 3. The van der Waals surface area contributed by atoms with Gasteiger partial charge in [0.2, 0.25) is 0 Å². The number of carbonyl (C=O) groups excluding carboxylic acids is 1. The van der Waals surface area contributed by atoms with E-state index in [1.807, 2.05) is 43.7 Å². The van der Waals surface area contributed by atoms with E-state index in [4.69, 9.17) is 14.2 Å². The molecule has 0 aromatic carbocycles. The number of likely N-dealkylation sites (tertiary alicyclic amines) is 1. The van der Waals surface area contributed by atoms with Gasteiger partial charge in [0.25, 0.3) is 0 Å². The lowest BCUT2D eigenvalue weighted by Crippen LogP contribution is -2.46. The van der Waals surface area contributed by atoms with Crippen molar-refractivity contribution >= 4 is 40.3 Å². The van der Waals surface area contributed by atoms with E-state index in [2.05, 4.69) is 26.0 Å². The molecule has 3 aliphatic heterocycles. The highest BCUT2D eigenvalue weighted by Gasteiger charge is 2.62. The zero-order chi connectivity index (χ0) is 21.2. The minimum absolute atomic E-state index is 0.0390. The SMILES string of the molecule is CC1=C(c2cccs2)O[C@H]2[C@@H]1[C@@H]1C(C)=C(c3cccs3)O[C@@H]1N2C(=O)OC(C)(C)C. The van der Waals surface area contributed by atoms with Gasteiger partial charge in [-0.2, -0.15) is 0 Å². The summed E-state index contributed by atoms with van der Waals surface area (Å²) in [4.78, 5) is 17.1. The molecule has 30 heavy (non-hydrogen) atoms. The number of nitrogens with zero attached hydrogens (tertiary/aromatic N) is 1. The average Bonchev–Trinajstić information content (AvgIpc) is 3.43. The Morgan fingerprint density at radius 1 is 0.933 bits per heavy atom.